The van der Waals surface area contributed by atoms with Crippen molar-refractivity contribution in [3.63, 3.8) is 0 Å². The van der Waals surface area contributed by atoms with Crippen molar-refractivity contribution >= 4 is 11.9 Å². The van der Waals surface area contributed by atoms with Crippen LogP contribution in [-0.2, 0) is 16.1 Å². The van der Waals surface area contributed by atoms with E-state index in [1.54, 1.807) is 4.90 Å². The summed E-state index contributed by atoms with van der Waals surface area (Å²) in [7, 11) is 0. The quantitative estimate of drug-likeness (QED) is 0.858. The molecule has 0 saturated carbocycles. The first-order valence-corrected chi connectivity index (χ1v) is 7.47. The molecule has 3 rings (SSSR count). The van der Waals surface area contributed by atoms with Crippen molar-refractivity contribution in [3.8, 4) is 0 Å². The number of amides is 1. The van der Waals surface area contributed by atoms with E-state index in [1.165, 1.54) is 0 Å². The van der Waals surface area contributed by atoms with Crippen LogP contribution in [0, 0.1) is 5.92 Å². The summed E-state index contributed by atoms with van der Waals surface area (Å²) in [5, 5.41) is 12.7. The van der Waals surface area contributed by atoms with Gasteiger partial charge < -0.3 is 15.3 Å². The van der Waals surface area contributed by atoms with Crippen molar-refractivity contribution in [1.29, 1.82) is 0 Å². The third-order valence-corrected chi connectivity index (χ3v) is 4.45. The predicted octanol–water partition coefficient (Wildman–Crippen LogP) is 1.20. The van der Waals surface area contributed by atoms with Gasteiger partial charge in [0.25, 0.3) is 0 Å². The summed E-state index contributed by atoms with van der Waals surface area (Å²) in [6, 6.07) is 7.53. The number of fused-ring (bicyclic) bond motifs is 1. The molecule has 1 fully saturated rings. The molecule has 21 heavy (non-hydrogen) atoms. The normalized spacial score (nSPS) is 25.2. The molecule has 2 aliphatic heterocycles. The Morgan fingerprint density at radius 2 is 2.10 bits per heavy atom. The molecule has 1 aromatic rings. The van der Waals surface area contributed by atoms with E-state index in [0.717, 1.165) is 30.5 Å². The van der Waals surface area contributed by atoms with Gasteiger partial charge in [0.2, 0.25) is 5.91 Å². The summed E-state index contributed by atoms with van der Waals surface area (Å²) >= 11 is 0. The lowest BCUT2D eigenvalue weighted by atomic mass is 9.88. The van der Waals surface area contributed by atoms with E-state index in [2.05, 4.69) is 5.32 Å². The summed E-state index contributed by atoms with van der Waals surface area (Å²) in [4.78, 5) is 25.9. The Morgan fingerprint density at radius 1 is 1.29 bits per heavy atom. The van der Waals surface area contributed by atoms with Crippen molar-refractivity contribution in [3.05, 3.63) is 35.4 Å². The average Bonchev–Trinajstić information content (AvgIpc) is 2.53. The Kier molecular flexibility index (Phi) is 3.92. The van der Waals surface area contributed by atoms with Crippen molar-refractivity contribution in [2.45, 2.75) is 25.3 Å². The highest BCUT2D eigenvalue weighted by Crippen LogP contribution is 2.30. The van der Waals surface area contributed by atoms with Gasteiger partial charge in [-0.3, -0.25) is 9.59 Å². The van der Waals surface area contributed by atoms with Crippen LogP contribution in [-0.4, -0.2) is 41.5 Å². The molecule has 2 N–H and O–H groups in total. The van der Waals surface area contributed by atoms with Crippen molar-refractivity contribution in [2.75, 3.05) is 19.6 Å². The number of hydrogen-bond acceptors (Lipinski definition) is 3. The van der Waals surface area contributed by atoms with Crippen LogP contribution in [0.5, 0.6) is 0 Å². The molecule has 0 aromatic heterocycles. The molecule has 0 spiro atoms. The molecule has 0 bridgehead atoms. The van der Waals surface area contributed by atoms with Crippen LogP contribution < -0.4 is 5.32 Å². The first kappa shape index (κ1) is 14.1. The van der Waals surface area contributed by atoms with Crippen molar-refractivity contribution in [2.24, 2.45) is 5.92 Å². The average molecular weight is 288 g/mol. The largest absolute Gasteiger partial charge is 0.481 e. The van der Waals surface area contributed by atoms with Gasteiger partial charge in [0.1, 0.15) is 0 Å². The number of carboxylic acids is 1. The summed E-state index contributed by atoms with van der Waals surface area (Å²) < 4.78 is 0. The van der Waals surface area contributed by atoms with Gasteiger partial charge in [0.05, 0.1) is 11.8 Å². The lowest BCUT2D eigenvalue weighted by Crippen LogP contribution is -2.46. The molecule has 112 valence electrons. The second-order valence-electron chi connectivity index (χ2n) is 5.85. The smallest absolute Gasteiger partial charge is 0.312 e. The van der Waals surface area contributed by atoms with Crippen LogP contribution in [0.2, 0.25) is 0 Å². The number of hydrogen-bond donors (Lipinski definition) is 2. The summed E-state index contributed by atoms with van der Waals surface area (Å²) in [5.74, 6) is -1.40. The highest BCUT2D eigenvalue weighted by molar-refractivity contribution is 5.83. The molecule has 0 radical (unpaired) electrons. The molecule has 1 aromatic carbocycles. The highest BCUT2D eigenvalue weighted by Gasteiger charge is 2.35. The molecule has 2 atom stereocenters. The molecular formula is C16H20N2O3. The minimum Gasteiger partial charge on any atom is -0.481 e. The van der Waals surface area contributed by atoms with Crippen molar-refractivity contribution in [1.82, 2.24) is 10.2 Å². The van der Waals surface area contributed by atoms with E-state index in [9.17, 15) is 14.7 Å². The number of carboxylic acid groups (broad SMARTS) is 1. The Balaban J connectivity index is 1.82. The summed E-state index contributed by atoms with van der Waals surface area (Å²) in [6.45, 7) is 2.47. The number of aliphatic carboxylic acids is 1. The third kappa shape index (κ3) is 2.78. The van der Waals surface area contributed by atoms with Crippen LogP contribution in [0.25, 0.3) is 0 Å². The number of rotatable bonds is 2. The second kappa shape index (κ2) is 5.85. The maximum Gasteiger partial charge on any atom is 0.312 e. The molecular weight excluding hydrogens is 268 g/mol. The maximum absolute atomic E-state index is 12.6. The van der Waals surface area contributed by atoms with Crippen molar-refractivity contribution < 1.29 is 14.7 Å². The fraction of sp³-hybridized carbons (Fsp3) is 0.500. The monoisotopic (exact) mass is 288 g/mol. The van der Waals surface area contributed by atoms with E-state index < -0.39 is 11.9 Å². The molecule has 2 aliphatic rings. The topological polar surface area (TPSA) is 69.6 Å². The Morgan fingerprint density at radius 3 is 2.81 bits per heavy atom. The minimum atomic E-state index is -0.860. The van der Waals surface area contributed by atoms with Gasteiger partial charge in [0.15, 0.2) is 0 Å². The lowest BCUT2D eigenvalue weighted by molar-refractivity contribution is -0.143. The van der Waals surface area contributed by atoms with Gasteiger partial charge in [0, 0.05) is 19.6 Å². The van der Waals surface area contributed by atoms with E-state index >= 15 is 0 Å². The van der Waals surface area contributed by atoms with Gasteiger partial charge in [-0.05, 0) is 30.5 Å². The predicted molar refractivity (Wildman–Crippen MR) is 77.8 cm³/mol. The molecule has 1 amide bonds. The fourth-order valence-corrected chi connectivity index (χ4v) is 3.31. The van der Waals surface area contributed by atoms with Crippen LogP contribution >= 0.6 is 0 Å². The minimum absolute atomic E-state index is 0.0153. The first-order chi connectivity index (χ1) is 10.2. The molecule has 1 saturated heterocycles. The summed E-state index contributed by atoms with van der Waals surface area (Å²) in [6.07, 6.45) is 1.89. The highest BCUT2D eigenvalue weighted by atomic mass is 16.4. The maximum atomic E-state index is 12.6. The number of nitrogens with zero attached hydrogens (tertiary/aromatic N) is 1. The Hall–Kier alpha value is -1.88. The van der Waals surface area contributed by atoms with E-state index in [1.807, 2.05) is 24.3 Å². The zero-order valence-corrected chi connectivity index (χ0v) is 11.9. The molecule has 1 unspecified atom stereocenters. The first-order valence-electron chi connectivity index (χ1n) is 7.47. The van der Waals surface area contributed by atoms with Gasteiger partial charge in [-0.2, -0.15) is 0 Å². The number of nitrogens with one attached hydrogen (secondary N) is 1. The Bertz CT molecular complexity index is 552. The Labute approximate surface area is 123 Å². The fourth-order valence-electron chi connectivity index (χ4n) is 3.31. The number of carbonyl (C=O) groups excluding carboxylic acids is 1. The van der Waals surface area contributed by atoms with Gasteiger partial charge >= 0.3 is 5.97 Å². The van der Waals surface area contributed by atoms with E-state index in [-0.39, 0.29) is 18.4 Å². The lowest BCUT2D eigenvalue weighted by Gasteiger charge is -2.36. The molecule has 2 heterocycles. The van der Waals surface area contributed by atoms with Gasteiger partial charge in [-0.1, -0.05) is 24.3 Å². The zero-order chi connectivity index (χ0) is 14.8. The van der Waals surface area contributed by atoms with Crippen LogP contribution in [0.15, 0.2) is 24.3 Å². The van der Waals surface area contributed by atoms with E-state index in [4.69, 9.17) is 0 Å². The zero-order valence-electron chi connectivity index (χ0n) is 11.9. The van der Waals surface area contributed by atoms with Crippen LogP contribution in [0.1, 0.15) is 29.9 Å². The molecule has 5 nitrogen and oxygen atoms in total. The molecule has 5 heteroatoms. The van der Waals surface area contributed by atoms with E-state index in [0.29, 0.717) is 13.1 Å². The number of benzene rings is 1. The standard InChI is InChI=1S/C16H20N2O3/c19-15(11-5-3-7-17-8-11)18-9-12-4-1-2-6-13(12)14(10-18)16(20)21/h1-2,4,6,11,14,17H,3,5,7-10H2,(H,20,21)/t11-,14?/m0/s1. The number of piperidine rings is 1. The van der Waals surface area contributed by atoms with Crippen LogP contribution in [0.4, 0.5) is 0 Å². The SMILES string of the molecule is O=C(O)C1CN(C(=O)[C@H]2CCCNC2)Cc2ccccc21. The van der Waals surface area contributed by atoms with Gasteiger partial charge in [-0.15, -0.1) is 0 Å². The molecule has 0 aliphatic carbocycles. The van der Waals surface area contributed by atoms with Gasteiger partial charge in [-0.25, -0.2) is 0 Å². The number of carbonyl (C=O) groups is 2. The van der Waals surface area contributed by atoms with Crippen LogP contribution in [0.3, 0.4) is 0 Å². The second-order valence-corrected chi connectivity index (χ2v) is 5.85. The summed E-state index contributed by atoms with van der Waals surface area (Å²) in [5.41, 5.74) is 1.80. The third-order valence-electron chi connectivity index (χ3n) is 4.45.